The Hall–Kier alpha value is -2.02. The molecule has 1 heterocycles. The second-order valence-corrected chi connectivity index (χ2v) is 6.72. The van der Waals surface area contributed by atoms with E-state index in [-0.39, 0.29) is 0 Å². The number of thioether (sulfide) groups is 1. The number of hydrogen-bond acceptors (Lipinski definition) is 4. The third-order valence-corrected chi connectivity index (χ3v) is 4.33. The van der Waals surface area contributed by atoms with Crippen LogP contribution < -0.4 is 10.6 Å². The first-order valence-electron chi connectivity index (χ1n) is 8.73. The van der Waals surface area contributed by atoms with E-state index in [0.29, 0.717) is 6.54 Å². The van der Waals surface area contributed by atoms with Crippen LogP contribution >= 0.6 is 11.8 Å². The molecule has 1 aromatic carbocycles. The Morgan fingerprint density at radius 2 is 2.12 bits per heavy atom. The molecule has 2 rings (SSSR count). The third kappa shape index (κ3) is 7.60. The van der Waals surface area contributed by atoms with E-state index in [0.717, 1.165) is 25.6 Å². The molecule has 0 bridgehead atoms. The van der Waals surface area contributed by atoms with Crippen molar-refractivity contribution in [2.24, 2.45) is 4.99 Å². The number of rotatable bonds is 10. The number of guanidine groups is 1. The minimum atomic E-state index is 0.658. The average molecular weight is 361 g/mol. The fourth-order valence-corrected chi connectivity index (χ4v) is 2.91. The van der Waals surface area contributed by atoms with Crippen molar-refractivity contribution < 1.29 is 0 Å². The molecule has 0 aliphatic heterocycles. The number of benzene rings is 1. The van der Waals surface area contributed by atoms with Gasteiger partial charge in [-0.25, -0.2) is 14.7 Å². The highest BCUT2D eigenvalue weighted by molar-refractivity contribution is 7.98. The normalized spacial score (nSPS) is 11.5. The highest BCUT2D eigenvalue weighted by Gasteiger charge is 2.00. The molecule has 0 unspecified atom stereocenters. The van der Waals surface area contributed by atoms with Crippen LogP contribution in [-0.4, -0.2) is 45.8 Å². The SMILES string of the molecule is CCNC(=NCc1cccc(Cn2cncn2)c1)NCCCCSC. The standard InChI is InChI=1S/C18H28N6S/c1-3-20-18(21-9-4-5-10-25-2)22-12-16-7-6-8-17(11-16)13-24-15-19-14-23-24/h6-8,11,14-15H,3-5,9-10,12-13H2,1-2H3,(H2,20,21,22). The molecule has 0 amide bonds. The molecule has 0 spiro atoms. The van der Waals surface area contributed by atoms with E-state index in [1.807, 2.05) is 16.4 Å². The van der Waals surface area contributed by atoms with Crippen LogP contribution in [0.5, 0.6) is 0 Å². The van der Waals surface area contributed by atoms with Crippen molar-refractivity contribution in [3.8, 4) is 0 Å². The first-order chi connectivity index (χ1) is 12.3. The molecule has 0 radical (unpaired) electrons. The van der Waals surface area contributed by atoms with Crippen molar-refractivity contribution in [3.05, 3.63) is 48.0 Å². The van der Waals surface area contributed by atoms with Crippen molar-refractivity contribution in [1.29, 1.82) is 0 Å². The van der Waals surface area contributed by atoms with Crippen molar-refractivity contribution in [1.82, 2.24) is 25.4 Å². The van der Waals surface area contributed by atoms with Gasteiger partial charge in [-0.1, -0.05) is 24.3 Å². The summed E-state index contributed by atoms with van der Waals surface area (Å²) in [5.74, 6) is 2.10. The van der Waals surface area contributed by atoms with E-state index in [1.54, 1.807) is 12.7 Å². The Balaban J connectivity index is 1.87. The van der Waals surface area contributed by atoms with Crippen LogP contribution in [0.1, 0.15) is 30.9 Å². The van der Waals surface area contributed by atoms with Gasteiger partial charge >= 0.3 is 0 Å². The van der Waals surface area contributed by atoms with E-state index in [2.05, 4.69) is 58.2 Å². The molecule has 0 fully saturated rings. The van der Waals surface area contributed by atoms with E-state index < -0.39 is 0 Å². The lowest BCUT2D eigenvalue weighted by Gasteiger charge is -2.11. The van der Waals surface area contributed by atoms with Crippen molar-refractivity contribution >= 4 is 17.7 Å². The van der Waals surface area contributed by atoms with Gasteiger partial charge in [0.05, 0.1) is 13.1 Å². The maximum Gasteiger partial charge on any atom is 0.191 e. The maximum absolute atomic E-state index is 4.69. The Bertz CT molecular complexity index is 626. The molecule has 2 aromatic rings. The minimum absolute atomic E-state index is 0.658. The zero-order valence-corrected chi connectivity index (χ0v) is 15.9. The highest BCUT2D eigenvalue weighted by atomic mass is 32.2. The summed E-state index contributed by atoms with van der Waals surface area (Å²) >= 11 is 1.90. The zero-order chi connectivity index (χ0) is 17.7. The quantitative estimate of drug-likeness (QED) is 0.387. The van der Waals surface area contributed by atoms with Crippen LogP contribution in [0.3, 0.4) is 0 Å². The Labute approximate surface area is 154 Å². The first-order valence-corrected chi connectivity index (χ1v) is 10.1. The number of nitrogens with one attached hydrogen (secondary N) is 2. The van der Waals surface area contributed by atoms with Crippen molar-refractivity contribution in [2.45, 2.75) is 32.9 Å². The van der Waals surface area contributed by atoms with Crippen molar-refractivity contribution in [3.63, 3.8) is 0 Å². The Kier molecular flexibility index (Phi) is 8.90. The van der Waals surface area contributed by atoms with Gasteiger partial charge in [0, 0.05) is 13.1 Å². The van der Waals surface area contributed by atoms with Gasteiger partial charge in [0.1, 0.15) is 12.7 Å². The average Bonchev–Trinajstić information content (AvgIpc) is 3.13. The van der Waals surface area contributed by atoms with Crippen LogP contribution in [0, 0.1) is 0 Å². The topological polar surface area (TPSA) is 67.1 Å². The number of nitrogens with zero attached hydrogens (tertiary/aromatic N) is 4. The second kappa shape index (κ2) is 11.5. The van der Waals surface area contributed by atoms with Gasteiger partial charge < -0.3 is 10.6 Å². The van der Waals surface area contributed by atoms with Gasteiger partial charge in [-0.2, -0.15) is 16.9 Å². The predicted octanol–water partition coefficient (Wildman–Crippen LogP) is 2.52. The Morgan fingerprint density at radius 3 is 2.88 bits per heavy atom. The van der Waals surface area contributed by atoms with Crippen LogP contribution in [0.25, 0.3) is 0 Å². The zero-order valence-electron chi connectivity index (χ0n) is 15.1. The number of hydrogen-bond donors (Lipinski definition) is 2. The smallest absolute Gasteiger partial charge is 0.191 e. The summed E-state index contributed by atoms with van der Waals surface area (Å²) in [5, 5.41) is 10.9. The van der Waals surface area contributed by atoms with Gasteiger partial charge in [0.2, 0.25) is 0 Å². The summed E-state index contributed by atoms with van der Waals surface area (Å²) in [6, 6.07) is 8.45. The van der Waals surface area contributed by atoms with Gasteiger partial charge in [0.15, 0.2) is 5.96 Å². The van der Waals surface area contributed by atoms with Gasteiger partial charge in [-0.05, 0) is 42.9 Å². The first kappa shape index (κ1) is 19.3. The molecule has 6 nitrogen and oxygen atoms in total. The number of aliphatic imine (C=N–C) groups is 1. The molecule has 25 heavy (non-hydrogen) atoms. The summed E-state index contributed by atoms with van der Waals surface area (Å²) in [7, 11) is 0. The molecule has 0 saturated heterocycles. The molecule has 1 aromatic heterocycles. The van der Waals surface area contributed by atoms with Gasteiger partial charge in [0.25, 0.3) is 0 Å². The molecular weight excluding hydrogens is 332 g/mol. The lowest BCUT2D eigenvalue weighted by molar-refractivity contribution is 0.684. The van der Waals surface area contributed by atoms with Crippen molar-refractivity contribution in [2.75, 3.05) is 25.1 Å². The minimum Gasteiger partial charge on any atom is -0.357 e. The molecule has 0 aliphatic rings. The van der Waals surface area contributed by atoms with Gasteiger partial charge in [-0.3, -0.25) is 0 Å². The maximum atomic E-state index is 4.69. The molecule has 136 valence electrons. The largest absolute Gasteiger partial charge is 0.357 e. The molecule has 2 N–H and O–H groups in total. The molecule has 0 saturated carbocycles. The second-order valence-electron chi connectivity index (χ2n) is 5.73. The molecule has 7 heteroatoms. The van der Waals surface area contributed by atoms with Crippen LogP contribution in [0.4, 0.5) is 0 Å². The number of unbranched alkanes of at least 4 members (excludes halogenated alkanes) is 1. The summed E-state index contributed by atoms with van der Waals surface area (Å²) in [5.41, 5.74) is 2.39. The molecule has 0 aliphatic carbocycles. The van der Waals surface area contributed by atoms with Crippen LogP contribution in [-0.2, 0) is 13.1 Å². The fraction of sp³-hybridized carbons (Fsp3) is 0.500. The van der Waals surface area contributed by atoms with Crippen LogP contribution in [0.2, 0.25) is 0 Å². The van der Waals surface area contributed by atoms with E-state index in [9.17, 15) is 0 Å². The lowest BCUT2D eigenvalue weighted by Crippen LogP contribution is -2.37. The van der Waals surface area contributed by atoms with E-state index >= 15 is 0 Å². The Morgan fingerprint density at radius 1 is 1.24 bits per heavy atom. The predicted molar refractivity (Wildman–Crippen MR) is 106 cm³/mol. The van der Waals surface area contributed by atoms with E-state index in [1.165, 1.54) is 29.7 Å². The highest BCUT2D eigenvalue weighted by Crippen LogP contribution is 2.08. The lowest BCUT2D eigenvalue weighted by atomic mass is 10.1. The summed E-state index contributed by atoms with van der Waals surface area (Å²) < 4.78 is 1.82. The van der Waals surface area contributed by atoms with E-state index in [4.69, 9.17) is 4.99 Å². The fourth-order valence-electron chi connectivity index (χ4n) is 2.42. The molecular formula is C18H28N6S. The summed E-state index contributed by atoms with van der Waals surface area (Å²) in [6.07, 6.45) is 7.84. The number of aromatic nitrogens is 3. The summed E-state index contributed by atoms with van der Waals surface area (Å²) in [4.78, 5) is 8.67. The van der Waals surface area contributed by atoms with Crippen LogP contribution in [0.15, 0.2) is 41.9 Å². The monoisotopic (exact) mass is 360 g/mol. The van der Waals surface area contributed by atoms with Gasteiger partial charge in [-0.15, -0.1) is 0 Å². The summed E-state index contributed by atoms with van der Waals surface area (Å²) in [6.45, 7) is 5.29. The molecule has 0 atom stereocenters. The third-order valence-electron chi connectivity index (χ3n) is 3.63.